The first-order chi connectivity index (χ1) is 9.70. The number of nitrogen functional groups attached to an aromatic ring is 1. The number of methoxy groups -OCH3 is 1. The van der Waals surface area contributed by atoms with Crippen molar-refractivity contribution in [2.45, 2.75) is 6.42 Å². The van der Waals surface area contributed by atoms with Crippen LogP contribution in [0.5, 0.6) is 5.75 Å². The molecule has 2 aromatic carbocycles. The molecule has 102 valence electrons. The highest BCUT2D eigenvalue weighted by atomic mass is 16.5. The van der Waals surface area contributed by atoms with Crippen molar-refractivity contribution in [1.29, 1.82) is 0 Å². The van der Waals surface area contributed by atoms with E-state index >= 15 is 0 Å². The van der Waals surface area contributed by atoms with Crippen molar-refractivity contribution in [1.82, 2.24) is 0 Å². The molecule has 0 radical (unpaired) electrons. The lowest BCUT2D eigenvalue weighted by Crippen LogP contribution is -2.38. The summed E-state index contributed by atoms with van der Waals surface area (Å²) in [4.78, 5) is 14.4. The van der Waals surface area contributed by atoms with E-state index in [0.717, 1.165) is 23.4 Å². The summed E-state index contributed by atoms with van der Waals surface area (Å²) in [6.07, 6.45) is 0.809. The van der Waals surface area contributed by atoms with E-state index in [0.29, 0.717) is 17.8 Å². The van der Waals surface area contributed by atoms with Crippen LogP contribution in [0.25, 0.3) is 0 Å². The molecule has 1 aliphatic rings. The van der Waals surface area contributed by atoms with Gasteiger partial charge in [-0.1, -0.05) is 18.2 Å². The maximum absolute atomic E-state index is 12.6. The lowest BCUT2D eigenvalue weighted by Gasteiger charge is -2.29. The van der Waals surface area contributed by atoms with Crippen LogP contribution in [0.15, 0.2) is 42.5 Å². The highest BCUT2D eigenvalue weighted by molar-refractivity contribution is 6.11. The number of fused-ring (bicyclic) bond motifs is 1. The molecule has 0 aromatic heterocycles. The predicted octanol–water partition coefficient (Wildman–Crippen LogP) is 2.48. The van der Waals surface area contributed by atoms with Gasteiger partial charge in [0.25, 0.3) is 5.91 Å². The third-order valence-electron chi connectivity index (χ3n) is 3.61. The number of hydrogen-bond donors (Lipinski definition) is 1. The second-order valence-electron chi connectivity index (χ2n) is 4.79. The minimum absolute atomic E-state index is 0.0439. The van der Waals surface area contributed by atoms with Gasteiger partial charge in [0.05, 0.1) is 12.7 Å². The number of benzene rings is 2. The van der Waals surface area contributed by atoms with Gasteiger partial charge in [0.2, 0.25) is 0 Å². The first-order valence-corrected chi connectivity index (χ1v) is 6.54. The molecule has 1 amide bonds. The van der Waals surface area contributed by atoms with Crippen molar-refractivity contribution in [2.75, 3.05) is 24.3 Å². The van der Waals surface area contributed by atoms with Gasteiger partial charge in [-0.15, -0.1) is 0 Å². The van der Waals surface area contributed by atoms with E-state index in [1.54, 1.807) is 18.1 Å². The molecule has 0 aliphatic carbocycles. The topological polar surface area (TPSA) is 55.6 Å². The summed E-state index contributed by atoms with van der Waals surface area (Å²) >= 11 is 0. The number of nitrogens with two attached hydrogens (primary N) is 1. The number of carbonyl (C=O) groups excluding carboxylic acids is 1. The number of nitrogens with zero attached hydrogens (tertiary/aromatic N) is 1. The fourth-order valence-electron chi connectivity index (χ4n) is 2.58. The van der Waals surface area contributed by atoms with Gasteiger partial charge in [-0.25, -0.2) is 0 Å². The minimum atomic E-state index is -0.0439. The number of rotatable bonds is 2. The molecule has 0 spiro atoms. The van der Waals surface area contributed by atoms with Crippen molar-refractivity contribution in [2.24, 2.45) is 0 Å². The summed E-state index contributed by atoms with van der Waals surface area (Å²) in [5, 5.41) is 0. The largest absolute Gasteiger partial charge is 0.497 e. The van der Waals surface area contributed by atoms with Crippen molar-refractivity contribution in [3.63, 3.8) is 0 Å². The van der Waals surface area contributed by atoms with Crippen LogP contribution in [0.4, 0.5) is 11.4 Å². The van der Waals surface area contributed by atoms with Crippen LogP contribution in [0, 0.1) is 0 Å². The summed E-state index contributed by atoms with van der Waals surface area (Å²) in [7, 11) is 1.62. The average Bonchev–Trinajstić information content (AvgIpc) is 2.47. The monoisotopic (exact) mass is 268 g/mol. The second-order valence-corrected chi connectivity index (χ2v) is 4.79. The van der Waals surface area contributed by atoms with E-state index in [4.69, 9.17) is 10.5 Å². The second kappa shape index (κ2) is 4.89. The van der Waals surface area contributed by atoms with E-state index in [-0.39, 0.29) is 5.91 Å². The molecule has 2 N–H and O–H groups in total. The zero-order valence-electron chi connectivity index (χ0n) is 11.3. The maximum Gasteiger partial charge on any atom is 0.260 e. The van der Waals surface area contributed by atoms with Gasteiger partial charge in [-0.05, 0) is 30.2 Å². The van der Waals surface area contributed by atoms with Crippen LogP contribution >= 0.6 is 0 Å². The number of amides is 1. The summed E-state index contributed by atoms with van der Waals surface area (Å²) in [5.41, 5.74) is 8.98. The summed E-state index contributed by atoms with van der Waals surface area (Å²) < 4.78 is 5.21. The Labute approximate surface area is 117 Å². The van der Waals surface area contributed by atoms with E-state index < -0.39 is 0 Å². The summed E-state index contributed by atoms with van der Waals surface area (Å²) in [6.45, 7) is 0.655. The Bertz CT molecular complexity index is 667. The average molecular weight is 268 g/mol. The zero-order valence-corrected chi connectivity index (χ0v) is 11.3. The molecule has 20 heavy (non-hydrogen) atoms. The highest BCUT2D eigenvalue weighted by Crippen LogP contribution is 2.29. The first-order valence-electron chi connectivity index (χ1n) is 6.54. The molecule has 0 unspecified atom stereocenters. The predicted molar refractivity (Wildman–Crippen MR) is 79.2 cm³/mol. The Balaban J connectivity index is 2.01. The van der Waals surface area contributed by atoms with Crippen molar-refractivity contribution in [3.05, 3.63) is 53.6 Å². The van der Waals surface area contributed by atoms with Gasteiger partial charge >= 0.3 is 0 Å². The van der Waals surface area contributed by atoms with Crippen LogP contribution in [0.1, 0.15) is 15.9 Å². The highest BCUT2D eigenvalue weighted by Gasteiger charge is 2.27. The third-order valence-corrected chi connectivity index (χ3v) is 3.61. The number of hydrogen-bond acceptors (Lipinski definition) is 3. The molecule has 4 nitrogen and oxygen atoms in total. The molecular formula is C16H16N2O2. The van der Waals surface area contributed by atoms with Gasteiger partial charge in [0.1, 0.15) is 5.75 Å². The van der Waals surface area contributed by atoms with E-state index in [1.807, 2.05) is 36.4 Å². The van der Waals surface area contributed by atoms with E-state index in [9.17, 15) is 4.79 Å². The molecule has 3 rings (SSSR count). The number of carbonyl (C=O) groups is 1. The standard InChI is InChI=1S/C16H16N2O2/c1-20-13-6-3-5-12(10-13)18-9-8-11-4-2-7-14(17)15(11)16(18)19/h2-7,10H,8-9,17H2,1H3. The quantitative estimate of drug-likeness (QED) is 0.851. The van der Waals surface area contributed by atoms with Gasteiger partial charge in [-0.3, -0.25) is 4.79 Å². The lowest BCUT2D eigenvalue weighted by atomic mass is 9.97. The van der Waals surface area contributed by atoms with Gasteiger partial charge in [0.15, 0.2) is 0 Å². The van der Waals surface area contributed by atoms with E-state index in [1.165, 1.54) is 0 Å². The van der Waals surface area contributed by atoms with Gasteiger partial charge in [-0.2, -0.15) is 0 Å². The van der Waals surface area contributed by atoms with Crippen LogP contribution in [0.2, 0.25) is 0 Å². The molecule has 1 heterocycles. The molecule has 2 aromatic rings. The van der Waals surface area contributed by atoms with Crippen LogP contribution in [0.3, 0.4) is 0 Å². The van der Waals surface area contributed by atoms with Crippen molar-refractivity contribution >= 4 is 17.3 Å². The van der Waals surface area contributed by atoms with Gasteiger partial charge < -0.3 is 15.4 Å². The molecule has 0 saturated heterocycles. The van der Waals surface area contributed by atoms with Crippen LogP contribution in [-0.4, -0.2) is 19.6 Å². The molecule has 0 saturated carbocycles. The molecule has 1 aliphatic heterocycles. The fourth-order valence-corrected chi connectivity index (χ4v) is 2.58. The van der Waals surface area contributed by atoms with Crippen molar-refractivity contribution < 1.29 is 9.53 Å². The first kappa shape index (κ1) is 12.5. The Hall–Kier alpha value is -2.49. The number of ether oxygens (including phenoxy) is 1. The lowest BCUT2D eigenvalue weighted by molar-refractivity contribution is 0.0981. The Morgan fingerprint density at radius 2 is 2.00 bits per heavy atom. The minimum Gasteiger partial charge on any atom is -0.497 e. The van der Waals surface area contributed by atoms with Gasteiger partial charge in [0, 0.05) is 24.0 Å². The normalized spacial score (nSPS) is 14.1. The SMILES string of the molecule is COc1cccc(N2CCc3cccc(N)c3C2=O)c1. The molecule has 0 bridgehead atoms. The Kier molecular flexibility index (Phi) is 3.06. The van der Waals surface area contributed by atoms with Crippen LogP contribution in [-0.2, 0) is 6.42 Å². The Morgan fingerprint density at radius 3 is 2.80 bits per heavy atom. The van der Waals surface area contributed by atoms with Crippen LogP contribution < -0.4 is 15.4 Å². The molecular weight excluding hydrogens is 252 g/mol. The Morgan fingerprint density at radius 1 is 1.20 bits per heavy atom. The third kappa shape index (κ3) is 1.99. The van der Waals surface area contributed by atoms with E-state index in [2.05, 4.69) is 0 Å². The summed E-state index contributed by atoms with van der Waals surface area (Å²) in [5.74, 6) is 0.694. The molecule has 0 fully saturated rings. The smallest absolute Gasteiger partial charge is 0.260 e. The fraction of sp³-hybridized carbons (Fsp3) is 0.188. The molecule has 0 atom stereocenters. The van der Waals surface area contributed by atoms with Crippen molar-refractivity contribution in [3.8, 4) is 5.75 Å². The number of anilines is 2. The maximum atomic E-state index is 12.6. The summed E-state index contributed by atoms with van der Waals surface area (Å²) in [6, 6.07) is 13.1. The molecule has 4 heteroatoms. The zero-order chi connectivity index (χ0) is 14.1.